The lowest BCUT2D eigenvalue weighted by atomic mass is 9.45. The molecule has 0 aromatic carbocycles. The van der Waals surface area contributed by atoms with Gasteiger partial charge in [0, 0.05) is 11.8 Å². The van der Waals surface area contributed by atoms with Gasteiger partial charge in [0.2, 0.25) is 0 Å². The molecule has 0 saturated heterocycles. The van der Waals surface area contributed by atoms with Crippen molar-refractivity contribution >= 4 is 40.6 Å². The van der Waals surface area contributed by atoms with Crippen LogP contribution in [0.4, 0.5) is 0 Å². The number of carbonyl (C=O) groups is 3. The highest BCUT2D eigenvalue weighted by Crippen LogP contribution is 2.71. The number of alkyl halides is 2. The van der Waals surface area contributed by atoms with Crippen molar-refractivity contribution in [2.24, 2.45) is 40.4 Å². The lowest BCUT2D eigenvalue weighted by molar-refractivity contribution is -0.147. The molecule has 3 saturated carbocycles. The van der Waals surface area contributed by atoms with Crippen LogP contribution in [-0.2, 0) is 14.4 Å². The summed E-state index contributed by atoms with van der Waals surface area (Å²) in [4.78, 5) is 38.1. The number of carbonyl (C=O) groups excluding carboxylic acids is 3. The topological polar surface area (TPSA) is 71.4 Å². The molecule has 1 N–H and O–H groups in total. The van der Waals surface area contributed by atoms with E-state index < -0.39 is 22.3 Å². The van der Waals surface area contributed by atoms with Crippen molar-refractivity contribution in [1.29, 1.82) is 0 Å². The lowest BCUT2D eigenvalue weighted by Crippen LogP contribution is -2.62. The van der Waals surface area contributed by atoms with E-state index >= 15 is 0 Å². The first kappa shape index (κ1) is 20.6. The van der Waals surface area contributed by atoms with Crippen LogP contribution in [-0.4, -0.2) is 33.4 Å². The van der Waals surface area contributed by atoms with Gasteiger partial charge in [-0.15, -0.1) is 23.2 Å². The molecule has 4 nitrogen and oxygen atoms in total. The van der Waals surface area contributed by atoms with Gasteiger partial charge in [-0.25, -0.2) is 0 Å². The summed E-state index contributed by atoms with van der Waals surface area (Å²) in [7, 11) is 0. The molecule has 1 unspecified atom stereocenters. The minimum atomic E-state index is -1.17. The van der Waals surface area contributed by atoms with Crippen LogP contribution in [0.1, 0.15) is 52.9 Å². The summed E-state index contributed by atoms with van der Waals surface area (Å²) in [6.07, 6.45) is 5.21. The summed E-state index contributed by atoms with van der Waals surface area (Å²) in [5.41, 5.74) is -0.335. The minimum Gasteiger partial charge on any atom is -0.389 e. The maximum atomic E-state index is 13.4. The molecule has 4 aliphatic rings. The fraction of sp³-hybridized carbons (Fsp3) is 0.773. The molecule has 0 aromatic rings. The zero-order valence-corrected chi connectivity index (χ0v) is 18.1. The van der Waals surface area contributed by atoms with Crippen LogP contribution in [0.3, 0.4) is 0 Å². The average Bonchev–Trinajstić information content (AvgIpc) is 2.95. The summed E-state index contributed by atoms with van der Waals surface area (Å²) in [6, 6.07) is 0. The summed E-state index contributed by atoms with van der Waals surface area (Å²) >= 11 is 14.0. The van der Waals surface area contributed by atoms with Crippen LogP contribution in [0, 0.1) is 40.4 Å². The summed E-state index contributed by atoms with van der Waals surface area (Å²) in [5, 5.41) is 9.45. The van der Waals surface area contributed by atoms with Gasteiger partial charge in [-0.05, 0) is 69.3 Å². The van der Waals surface area contributed by atoms with Gasteiger partial charge in [0.25, 0.3) is 0 Å². The number of ketones is 3. The van der Waals surface area contributed by atoms with E-state index in [1.165, 1.54) is 0 Å². The predicted octanol–water partition coefficient (Wildman–Crippen LogP) is 3.90. The molecule has 6 heteroatoms. The largest absolute Gasteiger partial charge is 0.389 e. The fourth-order valence-corrected chi connectivity index (χ4v) is 8.77. The zero-order valence-electron chi connectivity index (χ0n) is 16.6. The standard InChI is InChI=1S/C22H28Cl2O4/c1-11-16(26)8-12-4-5-13-14-6-7-15(17(27)9-25)20(14,2)10-22(23,24)18(13)21(12,3)19(11)28/h8,11,13-15,18,25H,4-7,9-10H2,1-3H3/t11?,13-,14-,15+,18-,20-,21-/m0/s1. The van der Waals surface area contributed by atoms with Crippen LogP contribution in [0.5, 0.6) is 0 Å². The monoisotopic (exact) mass is 426 g/mol. The van der Waals surface area contributed by atoms with E-state index in [1.54, 1.807) is 13.0 Å². The minimum absolute atomic E-state index is 0.0695. The molecule has 0 heterocycles. The van der Waals surface area contributed by atoms with E-state index in [0.717, 1.165) is 24.8 Å². The molecule has 0 radical (unpaired) electrons. The van der Waals surface area contributed by atoms with Gasteiger partial charge in [0.05, 0.1) is 11.3 Å². The first-order valence-corrected chi connectivity index (χ1v) is 11.0. The molecule has 0 bridgehead atoms. The Morgan fingerprint density at radius 1 is 1.21 bits per heavy atom. The van der Waals surface area contributed by atoms with Crippen molar-refractivity contribution in [2.75, 3.05) is 6.61 Å². The van der Waals surface area contributed by atoms with E-state index in [4.69, 9.17) is 23.2 Å². The number of rotatable bonds is 2. The maximum Gasteiger partial charge on any atom is 0.165 e. The molecule has 4 rings (SSSR count). The molecule has 0 spiro atoms. The Kier molecular flexibility index (Phi) is 4.69. The van der Waals surface area contributed by atoms with Gasteiger partial charge in [-0.2, -0.15) is 0 Å². The Labute approximate surface area is 176 Å². The zero-order chi connectivity index (χ0) is 20.6. The number of aliphatic hydroxyl groups is 1. The van der Waals surface area contributed by atoms with Crippen LogP contribution >= 0.6 is 23.2 Å². The van der Waals surface area contributed by atoms with Crippen molar-refractivity contribution < 1.29 is 19.5 Å². The highest BCUT2D eigenvalue weighted by Gasteiger charge is 2.69. The van der Waals surface area contributed by atoms with Crippen LogP contribution in [0.25, 0.3) is 0 Å². The Hall–Kier alpha value is -0.710. The molecule has 7 atom stereocenters. The second-order valence-electron chi connectivity index (χ2n) is 9.84. The number of aliphatic hydroxyl groups excluding tert-OH is 1. The number of hydrogen-bond donors (Lipinski definition) is 1. The molecule has 3 fully saturated rings. The molecule has 28 heavy (non-hydrogen) atoms. The normalized spacial score (nSPS) is 47.1. The molecule has 0 aliphatic heterocycles. The highest BCUT2D eigenvalue weighted by molar-refractivity contribution is 6.49. The van der Waals surface area contributed by atoms with Crippen molar-refractivity contribution in [3.8, 4) is 0 Å². The molecule has 154 valence electrons. The van der Waals surface area contributed by atoms with Crippen molar-refractivity contribution in [3.05, 3.63) is 11.6 Å². The number of hydrogen-bond acceptors (Lipinski definition) is 4. The predicted molar refractivity (Wildman–Crippen MR) is 107 cm³/mol. The number of Topliss-reactive ketones (excluding diaryl/α,β-unsaturated/α-hetero) is 2. The molecule has 4 aliphatic carbocycles. The van der Waals surface area contributed by atoms with Crippen molar-refractivity contribution in [2.45, 2.75) is 57.2 Å². The number of halogens is 2. The first-order chi connectivity index (χ1) is 13.0. The summed E-state index contributed by atoms with van der Waals surface area (Å²) < 4.78 is -1.17. The van der Waals surface area contributed by atoms with Gasteiger partial charge in [0.1, 0.15) is 10.9 Å². The van der Waals surface area contributed by atoms with Gasteiger partial charge >= 0.3 is 0 Å². The third-order valence-electron chi connectivity index (χ3n) is 8.66. The van der Waals surface area contributed by atoms with E-state index in [1.807, 2.05) is 6.92 Å². The van der Waals surface area contributed by atoms with Crippen LogP contribution in [0.15, 0.2) is 11.6 Å². The second kappa shape index (κ2) is 6.39. The van der Waals surface area contributed by atoms with E-state index in [9.17, 15) is 19.5 Å². The second-order valence-corrected chi connectivity index (χ2v) is 11.4. The Morgan fingerprint density at radius 3 is 2.54 bits per heavy atom. The van der Waals surface area contributed by atoms with Crippen LogP contribution < -0.4 is 0 Å². The van der Waals surface area contributed by atoms with Gasteiger partial charge in [-0.3, -0.25) is 14.4 Å². The summed E-state index contributed by atoms with van der Waals surface area (Å²) in [6.45, 7) is 5.23. The number of allylic oxidation sites excluding steroid dienone is 1. The average molecular weight is 427 g/mol. The first-order valence-electron chi connectivity index (χ1n) is 10.3. The van der Waals surface area contributed by atoms with Gasteiger partial charge in [-0.1, -0.05) is 12.5 Å². The fourth-order valence-electron chi connectivity index (χ4n) is 7.43. The lowest BCUT2D eigenvalue weighted by Gasteiger charge is -2.61. The van der Waals surface area contributed by atoms with Gasteiger partial charge < -0.3 is 5.11 Å². The highest BCUT2D eigenvalue weighted by atomic mass is 35.5. The van der Waals surface area contributed by atoms with Crippen molar-refractivity contribution in [3.63, 3.8) is 0 Å². The third-order valence-corrected chi connectivity index (χ3v) is 9.39. The number of fused-ring (bicyclic) bond motifs is 5. The van der Waals surface area contributed by atoms with Crippen molar-refractivity contribution in [1.82, 2.24) is 0 Å². The Morgan fingerprint density at radius 2 is 1.89 bits per heavy atom. The Bertz CT molecular complexity index is 787. The quantitative estimate of drug-likeness (QED) is 0.536. The van der Waals surface area contributed by atoms with E-state index in [-0.39, 0.29) is 46.4 Å². The SMILES string of the molecule is CC1C(=O)C=C2CC[C@@H]3[C@H](C(Cl)(Cl)C[C@]4(C)[C@@H](C(=O)CO)CC[C@@H]34)[C@@]2(C)C1=O. The third kappa shape index (κ3) is 2.50. The smallest absolute Gasteiger partial charge is 0.165 e. The summed E-state index contributed by atoms with van der Waals surface area (Å²) in [5.74, 6) is -1.15. The molecule has 0 amide bonds. The van der Waals surface area contributed by atoms with E-state index in [2.05, 4.69) is 6.92 Å². The van der Waals surface area contributed by atoms with Gasteiger partial charge in [0.15, 0.2) is 17.3 Å². The maximum absolute atomic E-state index is 13.4. The molecular weight excluding hydrogens is 399 g/mol. The molecular formula is C22H28Cl2O4. The Balaban J connectivity index is 1.81. The van der Waals surface area contributed by atoms with E-state index in [0.29, 0.717) is 12.8 Å². The van der Waals surface area contributed by atoms with Crippen LogP contribution in [0.2, 0.25) is 0 Å². The molecule has 0 aromatic heterocycles.